The third kappa shape index (κ3) is 2.60. The molecule has 0 amide bonds. The Morgan fingerprint density at radius 1 is 1.39 bits per heavy atom. The number of carbonyl (C=O) groups is 1. The summed E-state index contributed by atoms with van der Waals surface area (Å²) in [4.78, 5) is 14.8. The molecule has 1 heterocycles. The quantitative estimate of drug-likeness (QED) is 0.910. The zero-order valence-corrected chi connectivity index (χ0v) is 10.7. The minimum Gasteiger partial charge on any atom is -0.478 e. The van der Waals surface area contributed by atoms with Crippen molar-refractivity contribution in [1.82, 2.24) is 4.98 Å². The van der Waals surface area contributed by atoms with Crippen LogP contribution in [-0.4, -0.2) is 16.1 Å². The Kier molecular flexibility index (Phi) is 3.47. The largest absolute Gasteiger partial charge is 0.478 e. The number of aromatic carboxylic acids is 1. The summed E-state index contributed by atoms with van der Waals surface area (Å²) in [5.41, 5.74) is 5.57. The molecule has 0 aliphatic rings. The highest BCUT2D eigenvalue weighted by Crippen LogP contribution is 2.29. The Morgan fingerprint density at radius 2 is 2.11 bits per heavy atom. The normalized spacial score (nSPS) is 10.1. The maximum absolute atomic E-state index is 10.9. The summed E-state index contributed by atoms with van der Waals surface area (Å²) in [7, 11) is 0. The number of hydrogen-bond donors (Lipinski definition) is 2. The van der Waals surface area contributed by atoms with E-state index < -0.39 is 5.97 Å². The summed E-state index contributed by atoms with van der Waals surface area (Å²) in [6.45, 7) is 0. The lowest BCUT2D eigenvalue weighted by Gasteiger charge is -2.08. The number of aromatic nitrogens is 1. The van der Waals surface area contributed by atoms with Gasteiger partial charge in [-0.2, -0.15) is 0 Å². The second kappa shape index (κ2) is 5.05. The minimum absolute atomic E-state index is 0.0351. The molecule has 1 aromatic carbocycles. The van der Waals surface area contributed by atoms with Crippen molar-refractivity contribution in [3.05, 3.63) is 46.6 Å². The summed E-state index contributed by atoms with van der Waals surface area (Å²) in [5, 5.41) is 8.94. The highest BCUT2D eigenvalue weighted by Gasteiger charge is 2.11. The van der Waals surface area contributed by atoms with Crippen LogP contribution in [0.2, 0.25) is 0 Å². The molecule has 0 radical (unpaired) electrons. The number of rotatable bonds is 3. The number of ether oxygens (including phenoxy) is 1. The average molecular weight is 309 g/mol. The molecule has 2 aromatic rings. The van der Waals surface area contributed by atoms with Crippen molar-refractivity contribution < 1.29 is 14.6 Å². The second-order valence-electron chi connectivity index (χ2n) is 3.45. The van der Waals surface area contributed by atoms with Gasteiger partial charge in [-0.15, -0.1) is 0 Å². The Balaban J connectivity index is 2.33. The van der Waals surface area contributed by atoms with E-state index in [-0.39, 0.29) is 17.1 Å². The van der Waals surface area contributed by atoms with E-state index in [2.05, 4.69) is 20.9 Å². The zero-order chi connectivity index (χ0) is 13.1. The molecule has 3 N–H and O–H groups in total. The second-order valence-corrected chi connectivity index (χ2v) is 4.30. The van der Waals surface area contributed by atoms with Crippen LogP contribution >= 0.6 is 15.9 Å². The van der Waals surface area contributed by atoms with Crippen molar-refractivity contribution in [3.63, 3.8) is 0 Å². The fourth-order valence-corrected chi connectivity index (χ4v) is 1.69. The van der Waals surface area contributed by atoms with Gasteiger partial charge in [0.1, 0.15) is 5.75 Å². The Bertz CT molecular complexity index is 602. The average Bonchev–Trinajstić information content (AvgIpc) is 2.34. The van der Waals surface area contributed by atoms with E-state index in [0.29, 0.717) is 5.75 Å². The maximum Gasteiger partial charge on any atom is 0.338 e. The van der Waals surface area contributed by atoms with Gasteiger partial charge in [0.15, 0.2) is 0 Å². The van der Waals surface area contributed by atoms with E-state index in [1.807, 2.05) is 12.1 Å². The van der Waals surface area contributed by atoms with Gasteiger partial charge >= 0.3 is 5.97 Å². The van der Waals surface area contributed by atoms with Crippen LogP contribution in [0.1, 0.15) is 10.4 Å². The number of nitrogen functional groups attached to an aromatic ring is 1. The molecule has 0 saturated carbocycles. The number of halogens is 1. The fraction of sp³-hybridized carbons (Fsp3) is 0. The summed E-state index contributed by atoms with van der Waals surface area (Å²) >= 11 is 3.32. The molecule has 0 spiro atoms. The molecule has 0 unspecified atom stereocenters. The highest BCUT2D eigenvalue weighted by atomic mass is 79.9. The molecular formula is C12H9BrN2O3. The number of benzene rings is 1. The molecule has 0 fully saturated rings. The van der Waals surface area contributed by atoms with Crippen molar-refractivity contribution >= 4 is 27.6 Å². The van der Waals surface area contributed by atoms with E-state index in [1.165, 1.54) is 12.3 Å². The third-order valence-corrected chi connectivity index (χ3v) is 2.85. The molecule has 0 atom stereocenters. The number of nitrogens with two attached hydrogens (primary N) is 1. The van der Waals surface area contributed by atoms with Crippen molar-refractivity contribution in [3.8, 4) is 11.6 Å². The summed E-state index contributed by atoms with van der Waals surface area (Å²) in [6.07, 6.45) is 1.26. The monoisotopic (exact) mass is 308 g/mol. The number of carboxylic acid groups (broad SMARTS) is 1. The van der Waals surface area contributed by atoms with Gasteiger partial charge in [-0.3, -0.25) is 0 Å². The van der Waals surface area contributed by atoms with Crippen LogP contribution in [0.5, 0.6) is 11.6 Å². The summed E-state index contributed by atoms with van der Waals surface area (Å²) in [5.74, 6) is -0.397. The summed E-state index contributed by atoms with van der Waals surface area (Å²) < 4.78 is 6.23. The van der Waals surface area contributed by atoms with Gasteiger partial charge in [-0.1, -0.05) is 12.1 Å². The van der Waals surface area contributed by atoms with Crippen LogP contribution in [0.3, 0.4) is 0 Å². The van der Waals surface area contributed by atoms with E-state index in [4.69, 9.17) is 15.6 Å². The van der Waals surface area contributed by atoms with Gasteiger partial charge in [-0.05, 0) is 28.1 Å². The topological polar surface area (TPSA) is 85.4 Å². The van der Waals surface area contributed by atoms with Gasteiger partial charge in [0.05, 0.1) is 21.9 Å². The Morgan fingerprint density at radius 3 is 2.78 bits per heavy atom. The molecule has 0 aliphatic carbocycles. The molecule has 1 aromatic heterocycles. The van der Waals surface area contributed by atoms with Gasteiger partial charge in [0.25, 0.3) is 0 Å². The van der Waals surface area contributed by atoms with Crippen molar-refractivity contribution in [2.75, 3.05) is 5.73 Å². The lowest BCUT2D eigenvalue weighted by molar-refractivity contribution is 0.0697. The number of para-hydroxylation sites is 1. The lowest BCUT2D eigenvalue weighted by atomic mass is 10.2. The first-order valence-electron chi connectivity index (χ1n) is 4.99. The molecule has 6 heteroatoms. The molecular weight excluding hydrogens is 300 g/mol. The van der Waals surface area contributed by atoms with Crippen LogP contribution in [-0.2, 0) is 0 Å². The van der Waals surface area contributed by atoms with Crippen LogP contribution < -0.4 is 10.5 Å². The van der Waals surface area contributed by atoms with E-state index >= 15 is 0 Å². The first-order chi connectivity index (χ1) is 8.58. The van der Waals surface area contributed by atoms with E-state index in [1.54, 1.807) is 12.1 Å². The van der Waals surface area contributed by atoms with Crippen LogP contribution in [0.25, 0.3) is 0 Å². The standard InChI is InChI=1S/C12H9BrN2O3/c13-8-3-1-2-4-10(8)18-11-5-7(12(16)17)9(14)6-15-11/h1-6H,14H2,(H,16,17). The summed E-state index contributed by atoms with van der Waals surface area (Å²) in [6, 6.07) is 8.48. The zero-order valence-electron chi connectivity index (χ0n) is 9.13. The predicted octanol–water partition coefficient (Wildman–Crippen LogP) is 2.92. The number of anilines is 1. The van der Waals surface area contributed by atoms with Gasteiger partial charge in [0.2, 0.25) is 5.88 Å². The molecule has 5 nitrogen and oxygen atoms in total. The number of nitrogens with zero attached hydrogens (tertiary/aromatic N) is 1. The van der Waals surface area contributed by atoms with Gasteiger partial charge < -0.3 is 15.6 Å². The molecule has 18 heavy (non-hydrogen) atoms. The third-order valence-electron chi connectivity index (χ3n) is 2.19. The smallest absolute Gasteiger partial charge is 0.338 e. The number of hydrogen-bond acceptors (Lipinski definition) is 4. The predicted molar refractivity (Wildman–Crippen MR) is 69.8 cm³/mol. The first-order valence-corrected chi connectivity index (χ1v) is 5.78. The van der Waals surface area contributed by atoms with Crippen molar-refractivity contribution in [2.45, 2.75) is 0 Å². The molecule has 92 valence electrons. The van der Waals surface area contributed by atoms with E-state index in [0.717, 1.165) is 4.47 Å². The van der Waals surface area contributed by atoms with E-state index in [9.17, 15) is 4.79 Å². The van der Waals surface area contributed by atoms with Crippen molar-refractivity contribution in [1.29, 1.82) is 0 Å². The maximum atomic E-state index is 10.9. The molecule has 2 rings (SSSR count). The number of carboxylic acids is 1. The van der Waals surface area contributed by atoms with Gasteiger partial charge in [-0.25, -0.2) is 9.78 Å². The molecule has 0 saturated heterocycles. The lowest BCUT2D eigenvalue weighted by Crippen LogP contribution is -2.03. The van der Waals surface area contributed by atoms with Gasteiger partial charge in [0, 0.05) is 6.07 Å². The first kappa shape index (κ1) is 12.4. The fourth-order valence-electron chi connectivity index (χ4n) is 1.33. The highest BCUT2D eigenvalue weighted by molar-refractivity contribution is 9.10. The minimum atomic E-state index is -1.12. The van der Waals surface area contributed by atoms with Crippen LogP contribution in [0.15, 0.2) is 41.0 Å². The van der Waals surface area contributed by atoms with Crippen LogP contribution in [0.4, 0.5) is 5.69 Å². The Hall–Kier alpha value is -2.08. The van der Waals surface area contributed by atoms with Crippen LogP contribution in [0, 0.1) is 0 Å². The molecule has 0 bridgehead atoms. The molecule has 0 aliphatic heterocycles. The van der Waals surface area contributed by atoms with Crippen molar-refractivity contribution in [2.24, 2.45) is 0 Å². The Labute approximate surface area is 111 Å². The SMILES string of the molecule is Nc1cnc(Oc2ccccc2Br)cc1C(=O)O. The number of pyridine rings is 1.